The minimum Gasteiger partial charge on any atom is -0.493 e. The Morgan fingerprint density at radius 1 is 1.14 bits per heavy atom. The summed E-state index contributed by atoms with van der Waals surface area (Å²) in [5, 5.41) is 9.98. The normalized spacial score (nSPS) is 10.9. The van der Waals surface area contributed by atoms with Crippen molar-refractivity contribution in [2.75, 3.05) is 13.7 Å². The van der Waals surface area contributed by atoms with Crippen LogP contribution in [0, 0.1) is 0 Å². The molecule has 2 N–H and O–H groups in total. The van der Waals surface area contributed by atoms with Crippen molar-refractivity contribution < 1.29 is 9.47 Å². The summed E-state index contributed by atoms with van der Waals surface area (Å²) in [5.41, 5.74) is 4.70. The Morgan fingerprint density at radius 2 is 1.93 bits per heavy atom. The Balaban J connectivity index is 1.73. The van der Waals surface area contributed by atoms with Gasteiger partial charge < -0.3 is 14.8 Å². The summed E-state index contributed by atoms with van der Waals surface area (Å²) in [6, 6.07) is 18.4. The molecule has 5 nitrogen and oxygen atoms in total. The summed E-state index contributed by atoms with van der Waals surface area (Å²) in [4.78, 5) is 0. The fourth-order valence-electron chi connectivity index (χ4n) is 2.80. The lowest BCUT2D eigenvalue weighted by Crippen LogP contribution is -2.31. The molecule has 0 unspecified atom stereocenters. The Bertz CT molecular complexity index is 1040. The lowest BCUT2D eigenvalue weighted by molar-refractivity contribution is 0.282. The molecule has 3 aromatic rings. The van der Waals surface area contributed by atoms with Gasteiger partial charge in [0.05, 0.1) is 17.8 Å². The molecule has 0 radical (unpaired) electrons. The summed E-state index contributed by atoms with van der Waals surface area (Å²) in [7, 11) is 1.62. The average molecular weight is 472 g/mol. The average Bonchev–Trinajstić information content (AvgIpc) is 2.72. The summed E-state index contributed by atoms with van der Waals surface area (Å²) >= 11 is 8.66. The number of methoxy groups -OCH3 is 1. The van der Waals surface area contributed by atoms with Crippen LogP contribution in [0.3, 0.4) is 0 Å². The van der Waals surface area contributed by atoms with Crippen LogP contribution in [0.4, 0.5) is 0 Å². The number of halogens is 1. The van der Waals surface area contributed by atoms with E-state index in [0.29, 0.717) is 23.2 Å². The number of fused-ring (bicyclic) bond motifs is 1. The smallest absolute Gasteiger partial charge is 0.186 e. The molecule has 0 fully saturated rings. The van der Waals surface area contributed by atoms with Crippen molar-refractivity contribution in [1.82, 2.24) is 10.7 Å². The molecule has 0 heterocycles. The highest BCUT2D eigenvalue weighted by atomic mass is 79.9. The minimum absolute atomic E-state index is 0.436. The lowest BCUT2D eigenvalue weighted by Gasteiger charge is -2.14. The molecule has 0 saturated carbocycles. The minimum atomic E-state index is 0.436. The van der Waals surface area contributed by atoms with Crippen LogP contribution in [-0.2, 0) is 6.61 Å². The van der Waals surface area contributed by atoms with Gasteiger partial charge >= 0.3 is 0 Å². The van der Waals surface area contributed by atoms with Crippen LogP contribution >= 0.6 is 28.1 Å². The van der Waals surface area contributed by atoms with E-state index in [-0.39, 0.29) is 0 Å². The van der Waals surface area contributed by atoms with E-state index in [9.17, 15) is 0 Å². The molecule has 0 aliphatic carbocycles. The zero-order valence-electron chi connectivity index (χ0n) is 16.2. The Labute approximate surface area is 184 Å². The standard InChI is InChI=1S/C22H22BrN3O2S/c1-3-24-22(29)26-25-13-16-11-19(23)21(20(12-16)27-2)28-14-15-8-9-17-6-4-5-7-18(17)10-15/h4-13H,3,14H2,1-2H3,(H2,24,26,29). The van der Waals surface area contributed by atoms with Gasteiger partial charge in [-0.15, -0.1) is 0 Å². The van der Waals surface area contributed by atoms with E-state index in [1.807, 2.05) is 31.2 Å². The van der Waals surface area contributed by atoms with Crippen LogP contribution in [0.2, 0.25) is 0 Å². The highest BCUT2D eigenvalue weighted by molar-refractivity contribution is 9.10. The van der Waals surface area contributed by atoms with Crippen molar-refractivity contribution in [3.63, 3.8) is 0 Å². The summed E-state index contributed by atoms with van der Waals surface area (Å²) in [5.74, 6) is 1.27. The number of nitrogens with zero attached hydrogens (tertiary/aromatic N) is 1. The van der Waals surface area contributed by atoms with Crippen molar-refractivity contribution in [2.24, 2.45) is 5.10 Å². The molecule has 0 aliphatic rings. The van der Waals surface area contributed by atoms with Gasteiger partial charge in [-0.1, -0.05) is 36.4 Å². The van der Waals surface area contributed by atoms with Crippen LogP contribution in [0.5, 0.6) is 11.5 Å². The maximum Gasteiger partial charge on any atom is 0.186 e. The molecule has 0 atom stereocenters. The molecule has 0 bridgehead atoms. The third-order valence-corrected chi connectivity index (χ3v) is 4.99. The van der Waals surface area contributed by atoms with Gasteiger partial charge in [0.15, 0.2) is 16.6 Å². The van der Waals surface area contributed by atoms with Gasteiger partial charge in [0.1, 0.15) is 6.61 Å². The Hall–Kier alpha value is -2.64. The van der Waals surface area contributed by atoms with E-state index in [1.165, 1.54) is 10.8 Å². The predicted octanol–water partition coefficient (Wildman–Crippen LogP) is 5.01. The molecule has 0 aliphatic heterocycles. The fraction of sp³-hybridized carbons (Fsp3) is 0.182. The molecule has 3 aromatic carbocycles. The molecule has 0 saturated heterocycles. The van der Waals surface area contributed by atoms with Gasteiger partial charge in [0.2, 0.25) is 0 Å². The zero-order chi connectivity index (χ0) is 20.6. The maximum absolute atomic E-state index is 6.06. The number of rotatable bonds is 7. The summed E-state index contributed by atoms with van der Waals surface area (Å²) in [6.07, 6.45) is 1.67. The molecular formula is C22H22BrN3O2S. The Morgan fingerprint density at radius 3 is 2.69 bits per heavy atom. The van der Waals surface area contributed by atoms with Crippen LogP contribution in [0.25, 0.3) is 10.8 Å². The Kier molecular flexibility index (Phi) is 7.43. The second kappa shape index (κ2) is 10.2. The van der Waals surface area contributed by atoms with E-state index < -0.39 is 0 Å². The van der Waals surface area contributed by atoms with E-state index in [4.69, 9.17) is 21.7 Å². The zero-order valence-corrected chi connectivity index (χ0v) is 18.6. The third kappa shape index (κ3) is 5.68. The van der Waals surface area contributed by atoms with Gasteiger partial charge in [-0.2, -0.15) is 5.10 Å². The molecule has 0 spiro atoms. The number of ether oxygens (including phenoxy) is 2. The molecule has 7 heteroatoms. The van der Waals surface area contributed by atoms with Crippen molar-refractivity contribution in [2.45, 2.75) is 13.5 Å². The first-order valence-corrected chi connectivity index (χ1v) is 10.4. The molecule has 29 heavy (non-hydrogen) atoms. The van der Waals surface area contributed by atoms with Gasteiger partial charge in [0, 0.05) is 6.54 Å². The van der Waals surface area contributed by atoms with E-state index >= 15 is 0 Å². The molecule has 3 rings (SSSR count). The van der Waals surface area contributed by atoms with Crippen molar-refractivity contribution in [1.29, 1.82) is 0 Å². The van der Waals surface area contributed by atoms with E-state index in [2.05, 4.69) is 62.1 Å². The van der Waals surface area contributed by atoms with Crippen molar-refractivity contribution >= 4 is 50.2 Å². The number of thiocarbonyl (C=S) groups is 1. The number of hydrazone groups is 1. The summed E-state index contributed by atoms with van der Waals surface area (Å²) < 4.78 is 12.4. The number of hydrogen-bond acceptors (Lipinski definition) is 4. The number of hydrogen-bond donors (Lipinski definition) is 2. The lowest BCUT2D eigenvalue weighted by atomic mass is 10.1. The third-order valence-electron chi connectivity index (χ3n) is 4.17. The summed E-state index contributed by atoms with van der Waals surface area (Å²) in [6.45, 7) is 3.14. The van der Waals surface area contributed by atoms with Gasteiger partial charge in [0.25, 0.3) is 0 Å². The molecule has 0 amide bonds. The second-order valence-corrected chi connectivity index (χ2v) is 7.50. The first-order valence-electron chi connectivity index (χ1n) is 9.15. The van der Waals surface area contributed by atoms with Gasteiger partial charge in [-0.25, -0.2) is 0 Å². The van der Waals surface area contributed by atoms with E-state index in [0.717, 1.165) is 22.1 Å². The SMILES string of the molecule is CCNC(=S)NN=Cc1cc(Br)c(OCc2ccc3ccccc3c2)c(OC)c1. The topological polar surface area (TPSA) is 54.9 Å². The van der Waals surface area contributed by atoms with E-state index in [1.54, 1.807) is 13.3 Å². The second-order valence-electron chi connectivity index (χ2n) is 6.23. The number of benzene rings is 3. The van der Waals surface area contributed by atoms with Crippen molar-refractivity contribution in [3.05, 3.63) is 70.2 Å². The predicted molar refractivity (Wildman–Crippen MR) is 126 cm³/mol. The van der Waals surface area contributed by atoms with Gasteiger partial charge in [-0.3, -0.25) is 5.43 Å². The molecule has 0 aromatic heterocycles. The quantitative estimate of drug-likeness (QED) is 0.288. The van der Waals surface area contributed by atoms with Crippen LogP contribution in [0.15, 0.2) is 64.2 Å². The highest BCUT2D eigenvalue weighted by Crippen LogP contribution is 2.37. The van der Waals surface area contributed by atoms with Crippen LogP contribution in [-0.4, -0.2) is 25.0 Å². The van der Waals surface area contributed by atoms with Crippen LogP contribution in [0.1, 0.15) is 18.1 Å². The highest BCUT2D eigenvalue weighted by Gasteiger charge is 2.12. The maximum atomic E-state index is 6.06. The molecule has 150 valence electrons. The monoisotopic (exact) mass is 471 g/mol. The fourth-order valence-corrected chi connectivity index (χ4v) is 3.58. The number of nitrogens with one attached hydrogen (secondary N) is 2. The first-order chi connectivity index (χ1) is 14.1. The van der Waals surface area contributed by atoms with Crippen molar-refractivity contribution in [3.8, 4) is 11.5 Å². The first kappa shape index (κ1) is 21.1. The molecular weight excluding hydrogens is 450 g/mol. The van der Waals surface area contributed by atoms with Gasteiger partial charge in [-0.05, 0) is 75.2 Å². The largest absolute Gasteiger partial charge is 0.493 e. The van der Waals surface area contributed by atoms with Crippen LogP contribution < -0.4 is 20.2 Å².